The van der Waals surface area contributed by atoms with E-state index in [0.717, 1.165) is 22.5 Å². The molecule has 1 aromatic heterocycles. The molecule has 0 atom stereocenters. The second-order valence-corrected chi connectivity index (χ2v) is 8.19. The lowest BCUT2D eigenvalue weighted by Crippen LogP contribution is -2.36. The van der Waals surface area contributed by atoms with E-state index in [-0.39, 0.29) is 12.3 Å². The summed E-state index contributed by atoms with van der Waals surface area (Å²) in [4.78, 5) is 25.3. The van der Waals surface area contributed by atoms with Crippen molar-refractivity contribution in [2.75, 3.05) is 6.54 Å². The highest BCUT2D eigenvalue weighted by Gasteiger charge is 2.26. The number of halogens is 1. The molecule has 3 aromatic rings. The molecule has 1 aliphatic heterocycles. The Kier molecular flexibility index (Phi) is 6.09. The van der Waals surface area contributed by atoms with E-state index in [9.17, 15) is 9.59 Å². The first-order valence-electron chi connectivity index (χ1n) is 10.4. The number of aromatic nitrogens is 1. The third kappa shape index (κ3) is 4.21. The molecule has 1 amide bonds. The number of benzene rings is 2. The maximum absolute atomic E-state index is 12.7. The van der Waals surface area contributed by atoms with Gasteiger partial charge in [0.05, 0.1) is 6.54 Å². The molecule has 0 fully saturated rings. The van der Waals surface area contributed by atoms with Gasteiger partial charge in [0.25, 0.3) is 0 Å². The molecule has 2 aromatic carbocycles. The summed E-state index contributed by atoms with van der Waals surface area (Å²) in [5.74, 6) is -0.713. The van der Waals surface area contributed by atoms with Gasteiger partial charge < -0.3 is 14.6 Å². The lowest BCUT2D eigenvalue weighted by atomic mass is 10.0. The number of hydrogen-bond acceptors (Lipinski definition) is 2. The maximum Gasteiger partial charge on any atom is 0.303 e. The first kappa shape index (κ1) is 20.5. The summed E-state index contributed by atoms with van der Waals surface area (Å²) in [5, 5.41) is 10.8. The number of unbranched alkanes of at least 4 members (excludes halogenated alkanes) is 1. The Balaban J connectivity index is 1.59. The Morgan fingerprint density at radius 1 is 1.00 bits per heavy atom. The van der Waals surface area contributed by atoms with E-state index < -0.39 is 5.97 Å². The fourth-order valence-corrected chi connectivity index (χ4v) is 4.49. The van der Waals surface area contributed by atoms with E-state index >= 15 is 0 Å². The Hall–Kier alpha value is -2.79. The summed E-state index contributed by atoms with van der Waals surface area (Å²) in [6.45, 7) is 1.94. The Labute approximate surface area is 180 Å². The summed E-state index contributed by atoms with van der Waals surface area (Å²) in [6.07, 6.45) is 2.48. The van der Waals surface area contributed by atoms with Crippen LogP contribution in [0.2, 0.25) is 5.02 Å². The number of aliphatic carboxylic acids is 1. The van der Waals surface area contributed by atoms with Gasteiger partial charge in [0.2, 0.25) is 5.91 Å². The number of carboxylic acid groups (broad SMARTS) is 1. The molecule has 1 N–H and O–H groups in total. The monoisotopic (exact) mass is 424 g/mol. The standard InChI is InChI=1S/C24H25ClN2O3/c25-20-9-3-1-7-17(20)15-27-21-10-4-2-8-18(21)19-13-14-26(16-22(19)27)23(28)11-5-6-12-24(29)30/h1-4,7-10H,5-6,11-16H2,(H,29,30). The SMILES string of the molecule is O=C(O)CCCCC(=O)N1CCc2c(n(Cc3ccccc3Cl)c3ccccc23)C1. The van der Waals surface area contributed by atoms with Crippen molar-refractivity contribution in [3.05, 3.63) is 70.4 Å². The van der Waals surface area contributed by atoms with Crippen molar-refractivity contribution in [1.29, 1.82) is 0 Å². The summed E-state index contributed by atoms with van der Waals surface area (Å²) in [5.41, 5.74) is 4.70. The minimum atomic E-state index is -0.811. The van der Waals surface area contributed by atoms with Crippen molar-refractivity contribution < 1.29 is 14.7 Å². The highest BCUT2D eigenvalue weighted by Crippen LogP contribution is 2.32. The van der Waals surface area contributed by atoms with Crippen LogP contribution in [0.4, 0.5) is 0 Å². The Bertz CT molecular complexity index is 1090. The average Bonchev–Trinajstić information content (AvgIpc) is 3.06. The summed E-state index contributed by atoms with van der Waals surface area (Å²) >= 11 is 6.43. The van der Waals surface area contributed by atoms with Crippen LogP contribution in [0.15, 0.2) is 48.5 Å². The molecule has 5 nitrogen and oxygen atoms in total. The molecule has 2 heterocycles. The Morgan fingerprint density at radius 2 is 1.73 bits per heavy atom. The van der Waals surface area contributed by atoms with Crippen molar-refractivity contribution in [3.63, 3.8) is 0 Å². The van der Waals surface area contributed by atoms with E-state index in [1.54, 1.807) is 0 Å². The van der Waals surface area contributed by atoms with Crippen LogP contribution in [0.5, 0.6) is 0 Å². The molecule has 1 aliphatic rings. The largest absolute Gasteiger partial charge is 0.481 e. The summed E-state index contributed by atoms with van der Waals surface area (Å²) in [7, 11) is 0. The second-order valence-electron chi connectivity index (χ2n) is 7.79. The molecule has 0 saturated carbocycles. The first-order chi connectivity index (χ1) is 14.5. The third-order valence-electron chi connectivity index (χ3n) is 5.84. The van der Waals surface area contributed by atoms with Crippen molar-refractivity contribution in [1.82, 2.24) is 9.47 Å². The molecule has 6 heteroatoms. The highest BCUT2D eigenvalue weighted by molar-refractivity contribution is 6.31. The molecule has 30 heavy (non-hydrogen) atoms. The zero-order valence-electron chi connectivity index (χ0n) is 16.8. The molecular weight excluding hydrogens is 400 g/mol. The third-order valence-corrected chi connectivity index (χ3v) is 6.21. The number of nitrogens with zero attached hydrogens (tertiary/aromatic N) is 2. The van der Waals surface area contributed by atoms with E-state index in [2.05, 4.69) is 22.8 Å². The number of rotatable bonds is 7. The molecule has 4 rings (SSSR count). The van der Waals surface area contributed by atoms with Gasteiger partial charge >= 0.3 is 5.97 Å². The lowest BCUT2D eigenvalue weighted by Gasteiger charge is -2.29. The van der Waals surface area contributed by atoms with Crippen LogP contribution < -0.4 is 0 Å². The molecule has 0 radical (unpaired) electrons. The number of hydrogen-bond donors (Lipinski definition) is 1. The van der Waals surface area contributed by atoms with Gasteiger partial charge in [-0.2, -0.15) is 0 Å². The van der Waals surface area contributed by atoms with Gasteiger partial charge in [-0.15, -0.1) is 0 Å². The molecule has 0 unspecified atom stereocenters. The predicted molar refractivity (Wildman–Crippen MR) is 118 cm³/mol. The van der Waals surface area contributed by atoms with Crippen LogP contribution in [0, 0.1) is 0 Å². The lowest BCUT2D eigenvalue weighted by molar-refractivity contribution is -0.137. The number of amides is 1. The maximum atomic E-state index is 12.7. The number of fused-ring (bicyclic) bond motifs is 3. The van der Waals surface area contributed by atoms with Gasteiger partial charge in [0.15, 0.2) is 0 Å². The number of carboxylic acids is 1. The van der Waals surface area contributed by atoms with Crippen LogP contribution in [-0.2, 0) is 29.1 Å². The van der Waals surface area contributed by atoms with E-state index in [0.29, 0.717) is 38.9 Å². The first-order valence-corrected chi connectivity index (χ1v) is 10.7. The van der Waals surface area contributed by atoms with Crippen LogP contribution in [0.1, 0.15) is 42.5 Å². The number of carbonyl (C=O) groups excluding carboxylic acids is 1. The molecule has 0 spiro atoms. The van der Waals surface area contributed by atoms with Gasteiger partial charge in [0.1, 0.15) is 0 Å². The quantitative estimate of drug-likeness (QED) is 0.550. The molecule has 0 bridgehead atoms. The minimum Gasteiger partial charge on any atom is -0.481 e. The van der Waals surface area contributed by atoms with Gasteiger partial charge in [-0.3, -0.25) is 9.59 Å². The zero-order valence-corrected chi connectivity index (χ0v) is 17.6. The topological polar surface area (TPSA) is 62.5 Å². The molecule has 0 saturated heterocycles. The minimum absolute atomic E-state index is 0.0978. The summed E-state index contributed by atoms with van der Waals surface area (Å²) < 4.78 is 2.29. The average molecular weight is 425 g/mol. The van der Waals surface area contributed by atoms with Crippen LogP contribution in [-0.4, -0.2) is 33.0 Å². The number of carbonyl (C=O) groups is 2. The number of para-hydroxylation sites is 1. The van der Waals surface area contributed by atoms with Crippen LogP contribution in [0.25, 0.3) is 10.9 Å². The van der Waals surface area contributed by atoms with Crippen molar-refractivity contribution in [2.24, 2.45) is 0 Å². The van der Waals surface area contributed by atoms with Gasteiger partial charge in [0, 0.05) is 47.6 Å². The Morgan fingerprint density at radius 3 is 2.53 bits per heavy atom. The predicted octanol–water partition coefficient (Wildman–Crippen LogP) is 4.87. The van der Waals surface area contributed by atoms with Crippen molar-refractivity contribution in [3.8, 4) is 0 Å². The smallest absolute Gasteiger partial charge is 0.303 e. The normalized spacial score (nSPS) is 13.4. The summed E-state index contributed by atoms with van der Waals surface area (Å²) in [6, 6.07) is 16.2. The highest BCUT2D eigenvalue weighted by atomic mass is 35.5. The van der Waals surface area contributed by atoms with E-state index in [1.807, 2.05) is 35.2 Å². The van der Waals surface area contributed by atoms with Gasteiger partial charge in [-0.25, -0.2) is 0 Å². The van der Waals surface area contributed by atoms with Crippen LogP contribution in [0.3, 0.4) is 0 Å². The second kappa shape index (κ2) is 8.92. The fraction of sp³-hybridized carbons (Fsp3) is 0.333. The van der Waals surface area contributed by atoms with Crippen molar-refractivity contribution >= 4 is 34.4 Å². The van der Waals surface area contributed by atoms with E-state index in [4.69, 9.17) is 16.7 Å². The molecule has 0 aliphatic carbocycles. The van der Waals surface area contributed by atoms with Gasteiger partial charge in [-0.1, -0.05) is 48.0 Å². The zero-order chi connectivity index (χ0) is 21.1. The molecular formula is C24H25ClN2O3. The molecule has 156 valence electrons. The van der Waals surface area contributed by atoms with E-state index in [1.165, 1.54) is 16.6 Å². The van der Waals surface area contributed by atoms with Crippen molar-refractivity contribution in [2.45, 2.75) is 45.2 Å². The fourth-order valence-electron chi connectivity index (χ4n) is 4.30. The van der Waals surface area contributed by atoms with Gasteiger partial charge in [-0.05, 0) is 42.5 Å². The van der Waals surface area contributed by atoms with Crippen LogP contribution >= 0.6 is 11.6 Å².